The Morgan fingerprint density at radius 2 is 1.56 bits per heavy atom. The Balaban J connectivity index is 1.37. The molecule has 0 aliphatic heterocycles. The van der Waals surface area contributed by atoms with Crippen molar-refractivity contribution in [2.75, 3.05) is 26.6 Å². The first-order chi connectivity index (χ1) is 21.9. The highest BCUT2D eigenvalue weighted by Crippen LogP contribution is 2.25. The Kier molecular flexibility index (Phi) is 14.8. The zero-order valence-corrected chi connectivity index (χ0v) is 25.3. The van der Waals surface area contributed by atoms with Gasteiger partial charge in [-0.05, 0) is 98.3 Å². The van der Waals surface area contributed by atoms with Gasteiger partial charge in [0.1, 0.15) is 23.0 Å². The molecule has 0 amide bonds. The predicted molar refractivity (Wildman–Crippen MR) is 166 cm³/mol. The van der Waals surface area contributed by atoms with E-state index in [9.17, 15) is 14.7 Å². The molecular weight excluding hydrogens is 580 g/mol. The number of aliphatic hydroxyl groups excluding tert-OH is 1. The maximum atomic E-state index is 12.7. The third kappa shape index (κ3) is 12.6. The van der Waals surface area contributed by atoms with Crippen molar-refractivity contribution in [2.45, 2.75) is 38.7 Å². The van der Waals surface area contributed by atoms with Crippen LogP contribution in [0.2, 0.25) is 0 Å². The lowest BCUT2D eigenvalue weighted by Crippen LogP contribution is -2.10. The van der Waals surface area contributed by atoms with Gasteiger partial charge in [-0.3, -0.25) is 0 Å². The Morgan fingerprint density at radius 1 is 0.867 bits per heavy atom. The SMILES string of the molecule is C=C=COOCCCCOc1ccc(OCOc2ccc(OC(=O)c3ccc(C(O)CCCOC(=O)C=C)cc3)cc2C)cc1. The maximum absolute atomic E-state index is 12.7. The largest absolute Gasteiger partial charge is 0.494 e. The fraction of sp³-hybridized carbons (Fsp3) is 0.286. The molecular formula is C35H38O10. The molecule has 0 aromatic heterocycles. The summed E-state index contributed by atoms with van der Waals surface area (Å²) in [5.74, 6) is 1.27. The minimum Gasteiger partial charge on any atom is -0.494 e. The summed E-state index contributed by atoms with van der Waals surface area (Å²) in [4.78, 5) is 33.3. The third-order valence-corrected chi connectivity index (χ3v) is 6.27. The second-order valence-electron chi connectivity index (χ2n) is 9.64. The smallest absolute Gasteiger partial charge is 0.343 e. The topological polar surface area (TPSA) is 119 Å². The summed E-state index contributed by atoms with van der Waals surface area (Å²) in [7, 11) is 0. The zero-order valence-electron chi connectivity index (χ0n) is 25.3. The van der Waals surface area contributed by atoms with Gasteiger partial charge in [0.05, 0.1) is 31.5 Å². The molecule has 3 aromatic carbocycles. The maximum Gasteiger partial charge on any atom is 0.343 e. The first-order valence-electron chi connectivity index (χ1n) is 14.4. The van der Waals surface area contributed by atoms with E-state index in [1.54, 1.807) is 54.6 Å². The van der Waals surface area contributed by atoms with Crippen LogP contribution < -0.4 is 18.9 Å². The number of aliphatic hydroxyl groups is 1. The second kappa shape index (κ2) is 19.3. The number of carbonyl (C=O) groups is 2. The number of hydrogen-bond acceptors (Lipinski definition) is 10. The van der Waals surface area contributed by atoms with Crippen molar-refractivity contribution >= 4 is 11.9 Å². The molecule has 1 N–H and O–H groups in total. The summed E-state index contributed by atoms with van der Waals surface area (Å²) < 4.78 is 27.6. The number of esters is 2. The van der Waals surface area contributed by atoms with Gasteiger partial charge in [-0.15, -0.1) is 0 Å². The van der Waals surface area contributed by atoms with Gasteiger partial charge >= 0.3 is 11.9 Å². The Morgan fingerprint density at radius 3 is 2.24 bits per heavy atom. The number of ether oxygens (including phenoxy) is 5. The molecule has 0 spiro atoms. The number of benzene rings is 3. The summed E-state index contributed by atoms with van der Waals surface area (Å²) in [6, 6.07) is 18.8. The first-order valence-corrected chi connectivity index (χ1v) is 14.4. The summed E-state index contributed by atoms with van der Waals surface area (Å²) in [6.45, 7) is 9.71. The van der Waals surface area contributed by atoms with E-state index < -0.39 is 18.0 Å². The van der Waals surface area contributed by atoms with Crippen LogP contribution >= 0.6 is 0 Å². The van der Waals surface area contributed by atoms with Crippen LogP contribution in [-0.4, -0.2) is 43.7 Å². The molecule has 0 saturated carbocycles. The van der Waals surface area contributed by atoms with Crippen LogP contribution in [0, 0.1) is 6.92 Å². The monoisotopic (exact) mass is 618 g/mol. The molecule has 1 atom stereocenters. The molecule has 1 unspecified atom stereocenters. The van der Waals surface area contributed by atoms with Crippen LogP contribution in [0.3, 0.4) is 0 Å². The number of hydrogen-bond donors (Lipinski definition) is 1. The molecule has 45 heavy (non-hydrogen) atoms. The standard InChI is InChI=1S/C35H38O10/c1-4-20-43-44-23-7-6-21-39-29-14-16-30(17-15-29)41-25-42-33-19-18-31(24-26(33)3)45-35(38)28-12-10-27(11-13-28)32(36)9-8-22-40-34(37)5-2/h5,10-20,24,32,36H,1-2,6-9,21-23,25H2,3H3. The van der Waals surface area contributed by atoms with E-state index in [1.165, 1.54) is 6.26 Å². The summed E-state index contributed by atoms with van der Waals surface area (Å²) in [5.41, 5.74) is 4.20. The summed E-state index contributed by atoms with van der Waals surface area (Å²) in [5, 5.41) is 10.4. The fourth-order valence-electron chi connectivity index (χ4n) is 3.89. The fourth-order valence-corrected chi connectivity index (χ4v) is 3.89. The normalized spacial score (nSPS) is 11.0. The van der Waals surface area contributed by atoms with Gasteiger partial charge in [0.15, 0.2) is 6.26 Å². The van der Waals surface area contributed by atoms with Crippen molar-refractivity contribution in [3.05, 3.63) is 115 Å². The number of aryl methyl sites for hydroxylation is 1. The van der Waals surface area contributed by atoms with Crippen LogP contribution in [0.4, 0.5) is 0 Å². The van der Waals surface area contributed by atoms with Crippen molar-refractivity contribution < 1.29 is 48.2 Å². The molecule has 3 aromatic rings. The molecule has 238 valence electrons. The third-order valence-electron chi connectivity index (χ3n) is 6.27. The van der Waals surface area contributed by atoms with Crippen molar-refractivity contribution in [3.8, 4) is 23.0 Å². The average molecular weight is 619 g/mol. The van der Waals surface area contributed by atoms with Crippen LogP contribution in [0.5, 0.6) is 23.0 Å². The first kappa shape index (κ1) is 34.5. The minimum atomic E-state index is -0.751. The zero-order chi connectivity index (χ0) is 32.3. The van der Waals surface area contributed by atoms with Gasteiger partial charge < -0.3 is 33.7 Å². The molecule has 0 aliphatic rings. The molecule has 0 heterocycles. The average Bonchev–Trinajstić information content (AvgIpc) is 3.05. The Bertz CT molecular complexity index is 1410. The van der Waals surface area contributed by atoms with Gasteiger partial charge in [-0.1, -0.05) is 31.0 Å². The second-order valence-corrected chi connectivity index (χ2v) is 9.64. The van der Waals surface area contributed by atoms with E-state index in [-0.39, 0.29) is 13.4 Å². The highest BCUT2D eigenvalue weighted by molar-refractivity contribution is 5.91. The lowest BCUT2D eigenvalue weighted by molar-refractivity contribution is -0.249. The van der Waals surface area contributed by atoms with Crippen LogP contribution in [0.1, 0.15) is 53.3 Å². The molecule has 0 fully saturated rings. The van der Waals surface area contributed by atoms with Gasteiger partial charge in [0.2, 0.25) is 6.79 Å². The lowest BCUT2D eigenvalue weighted by atomic mass is 10.0. The van der Waals surface area contributed by atoms with E-state index >= 15 is 0 Å². The molecule has 0 bridgehead atoms. The van der Waals surface area contributed by atoms with Gasteiger partial charge in [-0.25, -0.2) is 9.59 Å². The van der Waals surface area contributed by atoms with Crippen molar-refractivity contribution in [1.82, 2.24) is 0 Å². The molecule has 10 heteroatoms. The van der Waals surface area contributed by atoms with E-state index in [0.717, 1.165) is 30.2 Å². The Hall–Kier alpha value is -5.02. The summed E-state index contributed by atoms with van der Waals surface area (Å²) >= 11 is 0. The molecule has 0 aliphatic carbocycles. The van der Waals surface area contributed by atoms with Crippen LogP contribution in [0.25, 0.3) is 0 Å². The van der Waals surface area contributed by atoms with Gasteiger partial charge in [0, 0.05) is 6.08 Å². The van der Waals surface area contributed by atoms with Gasteiger partial charge in [0.25, 0.3) is 0 Å². The van der Waals surface area contributed by atoms with Crippen molar-refractivity contribution in [2.24, 2.45) is 0 Å². The number of carbonyl (C=O) groups excluding carboxylic acids is 2. The van der Waals surface area contributed by atoms with Crippen molar-refractivity contribution in [1.29, 1.82) is 0 Å². The Labute approximate surface area is 263 Å². The molecule has 0 saturated heterocycles. The highest BCUT2D eigenvalue weighted by Gasteiger charge is 2.13. The molecule has 10 nitrogen and oxygen atoms in total. The van der Waals surface area contributed by atoms with Crippen LogP contribution in [-0.2, 0) is 19.3 Å². The van der Waals surface area contributed by atoms with E-state index in [1.807, 2.05) is 19.1 Å². The molecule has 0 radical (unpaired) electrons. The van der Waals surface area contributed by atoms with Gasteiger partial charge in [-0.2, -0.15) is 4.89 Å². The van der Waals surface area contributed by atoms with E-state index in [0.29, 0.717) is 54.4 Å². The highest BCUT2D eigenvalue weighted by atomic mass is 17.2. The van der Waals surface area contributed by atoms with Crippen LogP contribution in [0.15, 0.2) is 98.0 Å². The van der Waals surface area contributed by atoms with E-state index in [4.69, 9.17) is 28.6 Å². The molecule has 3 rings (SSSR count). The summed E-state index contributed by atoms with van der Waals surface area (Å²) in [6.07, 6.45) is 4.07. The number of unbranched alkanes of at least 4 members (excludes halogenated alkanes) is 1. The predicted octanol–water partition coefficient (Wildman–Crippen LogP) is 6.58. The minimum absolute atomic E-state index is 0.0124. The van der Waals surface area contributed by atoms with Crippen molar-refractivity contribution in [3.63, 3.8) is 0 Å². The lowest BCUT2D eigenvalue weighted by Gasteiger charge is -2.13. The quantitative estimate of drug-likeness (QED) is 0.0171. The number of rotatable bonds is 20. The van der Waals surface area contributed by atoms with E-state index in [2.05, 4.69) is 23.8 Å².